The summed E-state index contributed by atoms with van der Waals surface area (Å²) in [6.07, 6.45) is 6.57. The van der Waals surface area contributed by atoms with Crippen LogP contribution in [-0.4, -0.2) is 6.54 Å². The highest BCUT2D eigenvalue weighted by Crippen LogP contribution is 2.27. The van der Waals surface area contributed by atoms with Gasteiger partial charge in [0.05, 0.1) is 6.26 Å². The van der Waals surface area contributed by atoms with Gasteiger partial charge in [0.1, 0.15) is 0 Å². The van der Waals surface area contributed by atoms with E-state index < -0.39 is 0 Å². The molecule has 1 atom stereocenters. The summed E-state index contributed by atoms with van der Waals surface area (Å²) >= 11 is 3.44. The Morgan fingerprint density at radius 2 is 2.20 bits per heavy atom. The van der Waals surface area contributed by atoms with Crippen molar-refractivity contribution in [1.82, 2.24) is 5.32 Å². The van der Waals surface area contributed by atoms with Gasteiger partial charge in [0.2, 0.25) is 0 Å². The number of nitrogens with one attached hydrogen (secondary N) is 1. The topological polar surface area (TPSA) is 25.2 Å². The molecule has 0 bridgehead atoms. The molecule has 0 aliphatic rings. The van der Waals surface area contributed by atoms with E-state index in [2.05, 4.69) is 35.1 Å². The average molecular weight is 274 g/mol. The molecule has 1 heterocycles. The van der Waals surface area contributed by atoms with Gasteiger partial charge in [-0.2, -0.15) is 0 Å². The first-order chi connectivity index (χ1) is 7.29. The molecule has 1 aromatic rings. The number of halogens is 1. The van der Waals surface area contributed by atoms with E-state index in [0.29, 0.717) is 6.04 Å². The van der Waals surface area contributed by atoms with Gasteiger partial charge in [0.25, 0.3) is 0 Å². The molecule has 0 aromatic carbocycles. The van der Waals surface area contributed by atoms with Crippen molar-refractivity contribution in [1.29, 1.82) is 0 Å². The Hall–Kier alpha value is -0.280. The summed E-state index contributed by atoms with van der Waals surface area (Å²) in [7, 11) is 0. The van der Waals surface area contributed by atoms with Crippen molar-refractivity contribution in [2.45, 2.75) is 45.6 Å². The Kier molecular flexibility index (Phi) is 6.03. The van der Waals surface area contributed by atoms with E-state index in [1.54, 1.807) is 6.26 Å². The lowest BCUT2D eigenvalue weighted by atomic mass is 10.0. The molecule has 0 aliphatic heterocycles. The van der Waals surface area contributed by atoms with Crippen LogP contribution in [-0.2, 0) is 0 Å². The van der Waals surface area contributed by atoms with E-state index in [-0.39, 0.29) is 0 Å². The first-order valence-electron chi connectivity index (χ1n) is 5.75. The number of hydrogen-bond donors (Lipinski definition) is 1. The van der Waals surface area contributed by atoms with Crippen molar-refractivity contribution in [2.24, 2.45) is 0 Å². The van der Waals surface area contributed by atoms with Crippen LogP contribution in [0.5, 0.6) is 0 Å². The predicted molar refractivity (Wildman–Crippen MR) is 67.0 cm³/mol. The minimum Gasteiger partial charge on any atom is -0.457 e. The summed E-state index contributed by atoms with van der Waals surface area (Å²) in [4.78, 5) is 0. The Balaban J connectivity index is 2.58. The van der Waals surface area contributed by atoms with Gasteiger partial charge < -0.3 is 9.73 Å². The Morgan fingerprint density at radius 3 is 2.73 bits per heavy atom. The number of hydrogen-bond acceptors (Lipinski definition) is 2. The normalized spacial score (nSPS) is 13.0. The van der Waals surface area contributed by atoms with Crippen LogP contribution in [0.3, 0.4) is 0 Å². The van der Waals surface area contributed by atoms with Crippen LogP contribution in [0.25, 0.3) is 0 Å². The lowest BCUT2D eigenvalue weighted by Crippen LogP contribution is -2.22. The van der Waals surface area contributed by atoms with Crippen LogP contribution in [0, 0.1) is 0 Å². The number of unbranched alkanes of at least 4 members (excludes halogenated alkanes) is 1. The van der Waals surface area contributed by atoms with E-state index in [1.165, 1.54) is 24.8 Å². The Morgan fingerprint density at radius 1 is 1.40 bits per heavy atom. The maximum atomic E-state index is 5.28. The predicted octanol–water partition coefficient (Wildman–Crippen LogP) is 4.27. The van der Waals surface area contributed by atoms with Crippen LogP contribution in [0.4, 0.5) is 0 Å². The quantitative estimate of drug-likeness (QED) is 0.803. The molecule has 3 heteroatoms. The third kappa shape index (κ3) is 3.99. The van der Waals surface area contributed by atoms with Gasteiger partial charge in [-0.1, -0.05) is 26.7 Å². The Bertz CT molecular complexity index is 264. The molecule has 1 unspecified atom stereocenters. The van der Waals surface area contributed by atoms with E-state index in [4.69, 9.17) is 4.42 Å². The van der Waals surface area contributed by atoms with Crippen LogP contribution in [0.2, 0.25) is 0 Å². The van der Waals surface area contributed by atoms with Gasteiger partial charge in [-0.15, -0.1) is 0 Å². The molecule has 0 radical (unpaired) electrons. The molecule has 1 rings (SSSR count). The van der Waals surface area contributed by atoms with Crippen LogP contribution in [0.1, 0.15) is 51.1 Å². The van der Waals surface area contributed by atoms with Gasteiger partial charge in [-0.05, 0) is 41.4 Å². The van der Waals surface area contributed by atoms with Crippen molar-refractivity contribution < 1.29 is 4.42 Å². The first-order valence-corrected chi connectivity index (χ1v) is 6.55. The molecule has 0 saturated carbocycles. The average Bonchev–Trinajstić information content (AvgIpc) is 2.65. The lowest BCUT2D eigenvalue weighted by Gasteiger charge is -2.17. The zero-order chi connectivity index (χ0) is 11.1. The van der Waals surface area contributed by atoms with Crippen molar-refractivity contribution in [3.8, 4) is 0 Å². The summed E-state index contributed by atoms with van der Waals surface area (Å²) in [5.41, 5.74) is 1.25. The Labute approximate surface area is 101 Å². The van der Waals surface area contributed by atoms with Gasteiger partial charge in [0.15, 0.2) is 4.67 Å². The maximum absolute atomic E-state index is 5.28. The molecular weight excluding hydrogens is 254 g/mol. The van der Waals surface area contributed by atoms with Crippen molar-refractivity contribution in [3.63, 3.8) is 0 Å². The van der Waals surface area contributed by atoms with Gasteiger partial charge in [-0.3, -0.25) is 0 Å². The smallest absolute Gasteiger partial charge is 0.173 e. The zero-order valence-corrected chi connectivity index (χ0v) is 11.1. The summed E-state index contributed by atoms with van der Waals surface area (Å²) in [5.74, 6) is 0. The SMILES string of the molecule is CCCCC(NCCC)c1ccoc1Br. The van der Waals surface area contributed by atoms with Crippen molar-refractivity contribution >= 4 is 15.9 Å². The van der Waals surface area contributed by atoms with E-state index in [0.717, 1.165) is 17.6 Å². The van der Waals surface area contributed by atoms with Crippen molar-refractivity contribution in [2.75, 3.05) is 6.54 Å². The lowest BCUT2D eigenvalue weighted by molar-refractivity contribution is 0.465. The fraction of sp³-hybridized carbons (Fsp3) is 0.667. The second-order valence-corrected chi connectivity index (χ2v) is 4.52. The largest absolute Gasteiger partial charge is 0.457 e. The molecule has 15 heavy (non-hydrogen) atoms. The highest BCUT2D eigenvalue weighted by molar-refractivity contribution is 9.10. The highest BCUT2D eigenvalue weighted by Gasteiger charge is 2.14. The minimum absolute atomic E-state index is 0.429. The monoisotopic (exact) mass is 273 g/mol. The molecule has 86 valence electrons. The molecule has 0 spiro atoms. The molecule has 0 amide bonds. The standard InChI is InChI=1S/C12H20BrNO/c1-3-5-6-11(14-8-4-2)10-7-9-15-12(10)13/h7,9,11,14H,3-6,8H2,1-2H3. The molecule has 0 aliphatic carbocycles. The van der Waals surface area contributed by atoms with Gasteiger partial charge >= 0.3 is 0 Å². The summed E-state index contributed by atoms with van der Waals surface area (Å²) in [5, 5.41) is 3.56. The van der Waals surface area contributed by atoms with E-state index in [1.807, 2.05) is 6.07 Å². The highest BCUT2D eigenvalue weighted by atomic mass is 79.9. The molecule has 1 N–H and O–H groups in total. The first kappa shape index (κ1) is 12.8. The van der Waals surface area contributed by atoms with Crippen LogP contribution < -0.4 is 5.32 Å². The molecule has 0 saturated heterocycles. The summed E-state index contributed by atoms with van der Waals surface area (Å²) in [6, 6.07) is 2.48. The van der Waals surface area contributed by atoms with Crippen molar-refractivity contribution in [3.05, 3.63) is 22.6 Å². The third-order valence-electron chi connectivity index (χ3n) is 2.51. The van der Waals surface area contributed by atoms with E-state index >= 15 is 0 Å². The second kappa shape index (κ2) is 7.07. The fourth-order valence-corrected chi connectivity index (χ4v) is 2.16. The number of rotatable bonds is 7. The fourth-order valence-electron chi connectivity index (χ4n) is 1.65. The van der Waals surface area contributed by atoms with Crippen LogP contribution in [0.15, 0.2) is 21.4 Å². The van der Waals surface area contributed by atoms with Crippen LogP contribution >= 0.6 is 15.9 Å². The molecule has 2 nitrogen and oxygen atoms in total. The molecule has 0 fully saturated rings. The summed E-state index contributed by atoms with van der Waals surface area (Å²) < 4.78 is 6.15. The minimum atomic E-state index is 0.429. The van der Waals surface area contributed by atoms with Gasteiger partial charge in [0, 0.05) is 11.6 Å². The molecular formula is C12H20BrNO. The third-order valence-corrected chi connectivity index (χ3v) is 3.15. The summed E-state index contributed by atoms with van der Waals surface area (Å²) in [6.45, 7) is 5.47. The second-order valence-electron chi connectivity index (χ2n) is 3.80. The maximum Gasteiger partial charge on any atom is 0.173 e. The van der Waals surface area contributed by atoms with Gasteiger partial charge in [-0.25, -0.2) is 0 Å². The number of furan rings is 1. The zero-order valence-electron chi connectivity index (χ0n) is 9.55. The molecule has 1 aromatic heterocycles. The van der Waals surface area contributed by atoms with E-state index in [9.17, 15) is 0 Å².